The largest absolute Gasteiger partial charge is 0.349 e. The van der Waals surface area contributed by atoms with E-state index in [-0.39, 0.29) is 5.79 Å². The smallest absolute Gasteiger partial charge is 0.171 e. The first-order valence-electron chi connectivity index (χ1n) is 13.6. The summed E-state index contributed by atoms with van der Waals surface area (Å²) >= 11 is 0. The van der Waals surface area contributed by atoms with Gasteiger partial charge in [-0.05, 0) is 104 Å². The molecular formula is C28H46O2. The van der Waals surface area contributed by atoms with Gasteiger partial charge in [-0.2, -0.15) is 0 Å². The first-order chi connectivity index (χ1) is 14.3. The molecule has 0 radical (unpaired) electrons. The van der Waals surface area contributed by atoms with Crippen molar-refractivity contribution >= 4 is 0 Å². The van der Waals surface area contributed by atoms with E-state index in [1.165, 1.54) is 57.8 Å². The molecule has 0 N–H and O–H groups in total. The van der Waals surface area contributed by atoms with Crippen LogP contribution in [-0.2, 0) is 9.47 Å². The molecule has 6 aliphatic rings. The quantitative estimate of drug-likeness (QED) is 0.422. The summed E-state index contributed by atoms with van der Waals surface area (Å²) in [7, 11) is 0. The molecule has 0 aromatic heterocycles. The van der Waals surface area contributed by atoms with Crippen LogP contribution in [0.3, 0.4) is 0 Å². The van der Waals surface area contributed by atoms with Crippen molar-refractivity contribution in [3.8, 4) is 0 Å². The van der Waals surface area contributed by atoms with Crippen molar-refractivity contribution in [3.63, 3.8) is 0 Å². The van der Waals surface area contributed by atoms with Crippen LogP contribution in [0.2, 0.25) is 0 Å². The molecule has 12 atom stereocenters. The number of hydrogen-bond donors (Lipinski definition) is 0. The van der Waals surface area contributed by atoms with Gasteiger partial charge in [-0.25, -0.2) is 0 Å². The van der Waals surface area contributed by atoms with Crippen LogP contribution in [0.1, 0.15) is 98.8 Å². The fraction of sp³-hybridized carbons (Fsp3) is 1.00. The number of hydrogen-bond acceptors (Lipinski definition) is 2. The molecule has 2 nitrogen and oxygen atoms in total. The molecule has 4 saturated carbocycles. The van der Waals surface area contributed by atoms with Crippen molar-refractivity contribution in [2.75, 3.05) is 6.61 Å². The molecule has 30 heavy (non-hydrogen) atoms. The van der Waals surface area contributed by atoms with Gasteiger partial charge in [-0.15, -0.1) is 0 Å². The zero-order chi connectivity index (χ0) is 20.9. The first-order valence-corrected chi connectivity index (χ1v) is 13.6. The molecule has 4 aliphatic carbocycles. The summed E-state index contributed by atoms with van der Waals surface area (Å²) < 4.78 is 13.4. The van der Waals surface area contributed by atoms with E-state index in [2.05, 4.69) is 34.6 Å². The molecule has 170 valence electrons. The molecule has 2 aliphatic heterocycles. The van der Waals surface area contributed by atoms with Gasteiger partial charge in [-0.1, -0.05) is 41.0 Å². The highest BCUT2D eigenvalue weighted by molar-refractivity contribution is 5.15. The molecule has 6 rings (SSSR count). The molecular weight excluding hydrogens is 368 g/mol. The highest BCUT2D eigenvalue weighted by atomic mass is 16.7. The van der Waals surface area contributed by atoms with Crippen molar-refractivity contribution in [2.24, 2.45) is 58.2 Å². The van der Waals surface area contributed by atoms with Gasteiger partial charge < -0.3 is 9.47 Å². The molecule has 6 fully saturated rings. The van der Waals surface area contributed by atoms with Gasteiger partial charge in [0.2, 0.25) is 0 Å². The van der Waals surface area contributed by atoms with Crippen molar-refractivity contribution in [2.45, 2.75) is 111 Å². The maximum absolute atomic E-state index is 6.93. The third-order valence-electron chi connectivity index (χ3n) is 12.2. The maximum Gasteiger partial charge on any atom is 0.171 e. The van der Waals surface area contributed by atoms with E-state index in [1.807, 2.05) is 0 Å². The van der Waals surface area contributed by atoms with Crippen LogP contribution < -0.4 is 0 Å². The van der Waals surface area contributed by atoms with Gasteiger partial charge in [0.25, 0.3) is 0 Å². The normalized spacial score (nSPS) is 62.5. The van der Waals surface area contributed by atoms with Crippen LogP contribution in [0.4, 0.5) is 0 Å². The summed E-state index contributed by atoms with van der Waals surface area (Å²) in [4.78, 5) is 0. The first kappa shape index (κ1) is 20.5. The Morgan fingerprint density at radius 1 is 0.733 bits per heavy atom. The van der Waals surface area contributed by atoms with Crippen LogP contribution in [0, 0.1) is 58.2 Å². The Morgan fingerprint density at radius 2 is 1.50 bits per heavy atom. The minimum atomic E-state index is -0.254. The lowest BCUT2D eigenvalue weighted by Crippen LogP contribution is -2.54. The van der Waals surface area contributed by atoms with Crippen molar-refractivity contribution < 1.29 is 9.47 Å². The molecule has 0 bridgehead atoms. The minimum absolute atomic E-state index is 0.254. The van der Waals surface area contributed by atoms with Crippen LogP contribution in [0.5, 0.6) is 0 Å². The van der Waals surface area contributed by atoms with Gasteiger partial charge in [0, 0.05) is 12.3 Å². The Labute approximate surface area is 185 Å². The van der Waals surface area contributed by atoms with Crippen LogP contribution >= 0.6 is 0 Å². The lowest BCUT2D eigenvalue weighted by molar-refractivity contribution is -0.273. The fourth-order valence-corrected chi connectivity index (χ4v) is 10.5. The summed E-state index contributed by atoms with van der Waals surface area (Å²) in [5.41, 5.74) is 1.11. The van der Waals surface area contributed by atoms with Crippen molar-refractivity contribution in [3.05, 3.63) is 0 Å². The fourth-order valence-electron chi connectivity index (χ4n) is 10.5. The van der Waals surface area contributed by atoms with Crippen molar-refractivity contribution in [1.82, 2.24) is 0 Å². The van der Waals surface area contributed by atoms with Gasteiger partial charge >= 0.3 is 0 Å². The topological polar surface area (TPSA) is 18.5 Å². The number of rotatable bonds is 0. The average Bonchev–Trinajstić information content (AvgIpc) is 3.16. The summed E-state index contributed by atoms with van der Waals surface area (Å²) in [6.07, 6.45) is 14.6. The van der Waals surface area contributed by atoms with E-state index >= 15 is 0 Å². The molecule has 2 heterocycles. The zero-order valence-electron chi connectivity index (χ0n) is 20.3. The molecule has 0 unspecified atom stereocenters. The van der Waals surface area contributed by atoms with Crippen LogP contribution in [0.25, 0.3) is 0 Å². The van der Waals surface area contributed by atoms with Gasteiger partial charge in [0.05, 0.1) is 12.7 Å². The van der Waals surface area contributed by atoms with E-state index in [0.717, 1.165) is 42.6 Å². The second-order valence-electron chi connectivity index (χ2n) is 13.6. The Balaban J connectivity index is 1.26. The summed E-state index contributed by atoms with van der Waals surface area (Å²) in [5.74, 6) is 6.52. The second-order valence-corrected chi connectivity index (χ2v) is 13.6. The SMILES string of the molecule is C[C@@H]1CC[C@@]2(OC1)O[C@H]1C[C@H]3[C@H]4CC[C@@H]5C[C@@H](C)CC[C@]5(C)[C@H]4CC[C@]3(C)[C@H]1[C@@H]2C. The van der Waals surface area contributed by atoms with Crippen LogP contribution in [0.15, 0.2) is 0 Å². The molecule has 0 amide bonds. The molecule has 2 saturated heterocycles. The highest BCUT2D eigenvalue weighted by Gasteiger charge is 2.69. The third-order valence-corrected chi connectivity index (χ3v) is 12.2. The summed E-state index contributed by atoms with van der Waals surface area (Å²) in [6, 6.07) is 0. The van der Waals surface area contributed by atoms with E-state index < -0.39 is 0 Å². The Morgan fingerprint density at radius 3 is 2.27 bits per heavy atom. The van der Waals surface area contributed by atoms with E-state index in [9.17, 15) is 0 Å². The third kappa shape index (κ3) is 2.62. The van der Waals surface area contributed by atoms with Gasteiger partial charge in [-0.3, -0.25) is 0 Å². The molecule has 2 heteroatoms. The Hall–Kier alpha value is -0.0800. The monoisotopic (exact) mass is 414 g/mol. The predicted octanol–water partition coefficient (Wildman–Crippen LogP) is 7.07. The number of fused-ring (bicyclic) bond motifs is 7. The zero-order valence-corrected chi connectivity index (χ0v) is 20.3. The van der Waals surface area contributed by atoms with Gasteiger partial charge in [0.1, 0.15) is 0 Å². The minimum Gasteiger partial charge on any atom is -0.349 e. The van der Waals surface area contributed by atoms with E-state index in [1.54, 1.807) is 0 Å². The molecule has 0 aromatic carbocycles. The number of ether oxygens (including phenoxy) is 2. The lowest BCUT2D eigenvalue weighted by atomic mass is 9.44. The Kier molecular flexibility index (Phi) is 4.60. The summed E-state index contributed by atoms with van der Waals surface area (Å²) in [5, 5.41) is 0. The van der Waals surface area contributed by atoms with E-state index in [0.29, 0.717) is 34.7 Å². The molecule has 0 aromatic rings. The predicted molar refractivity (Wildman–Crippen MR) is 121 cm³/mol. The van der Waals surface area contributed by atoms with Crippen molar-refractivity contribution in [1.29, 1.82) is 0 Å². The van der Waals surface area contributed by atoms with Gasteiger partial charge in [0.15, 0.2) is 5.79 Å². The molecule has 1 spiro atoms. The Bertz CT molecular complexity index is 680. The lowest BCUT2D eigenvalue weighted by Gasteiger charge is -2.61. The average molecular weight is 415 g/mol. The van der Waals surface area contributed by atoms with Crippen LogP contribution in [-0.4, -0.2) is 18.5 Å². The standard InChI is InChI=1S/C28H46O2/c1-17-8-11-26(4)20(14-17)6-7-21-22(26)10-12-27(5)23(21)15-24-25(27)19(3)28(30-24)13-9-18(2)16-29-28/h17-25H,6-16H2,1-5H3/t17-,18+,19-,20+,21-,22-,23-,24-,25-,26-,27-,28+/m0/s1. The van der Waals surface area contributed by atoms with E-state index in [4.69, 9.17) is 9.47 Å². The maximum atomic E-state index is 6.93. The summed E-state index contributed by atoms with van der Waals surface area (Å²) in [6.45, 7) is 13.6. The highest BCUT2D eigenvalue weighted by Crippen LogP contribution is 2.71. The second kappa shape index (κ2) is 6.72.